The molecule has 2 amide bonds. The van der Waals surface area contributed by atoms with Crippen LogP contribution < -0.4 is 15.0 Å². The molecule has 1 saturated heterocycles. The molecule has 0 saturated carbocycles. The third kappa shape index (κ3) is 3.69. The first kappa shape index (κ1) is 19.8. The Labute approximate surface area is 185 Å². The van der Waals surface area contributed by atoms with Crippen LogP contribution in [0.5, 0.6) is 5.75 Å². The summed E-state index contributed by atoms with van der Waals surface area (Å²) in [6, 6.07) is 22.7. The monoisotopic (exact) mass is 426 g/mol. The molecule has 7 nitrogen and oxygen atoms in total. The van der Waals surface area contributed by atoms with E-state index in [0.29, 0.717) is 23.7 Å². The molecule has 1 unspecified atom stereocenters. The van der Waals surface area contributed by atoms with Gasteiger partial charge in [0, 0.05) is 24.2 Å². The van der Waals surface area contributed by atoms with Crippen molar-refractivity contribution in [3.8, 4) is 17.1 Å². The van der Waals surface area contributed by atoms with Crippen molar-refractivity contribution in [1.29, 1.82) is 0 Å². The number of aromatic nitrogens is 2. The highest BCUT2D eigenvalue weighted by Gasteiger charge is 2.36. The number of fused-ring (bicyclic) bond motifs is 1. The van der Waals surface area contributed by atoms with Gasteiger partial charge in [0.1, 0.15) is 11.6 Å². The van der Waals surface area contributed by atoms with Gasteiger partial charge in [0.15, 0.2) is 0 Å². The lowest BCUT2D eigenvalue weighted by Gasteiger charge is -2.19. The molecule has 5 rings (SSSR count). The van der Waals surface area contributed by atoms with E-state index in [-0.39, 0.29) is 18.2 Å². The maximum atomic E-state index is 12.8. The van der Waals surface area contributed by atoms with Crippen LogP contribution in [-0.4, -0.2) is 35.4 Å². The van der Waals surface area contributed by atoms with Crippen LogP contribution in [0.1, 0.15) is 6.42 Å². The molecule has 2 heterocycles. The second kappa shape index (κ2) is 8.19. The minimum atomic E-state index is -0.428. The van der Waals surface area contributed by atoms with Crippen LogP contribution in [0, 0.1) is 5.92 Å². The smallest absolute Gasteiger partial charge is 0.229 e. The third-order valence-corrected chi connectivity index (χ3v) is 5.69. The number of nitrogens with one attached hydrogen (secondary N) is 2. The molecule has 0 bridgehead atoms. The molecule has 1 aromatic heterocycles. The van der Waals surface area contributed by atoms with Gasteiger partial charge >= 0.3 is 0 Å². The fourth-order valence-corrected chi connectivity index (χ4v) is 4.01. The molecule has 160 valence electrons. The zero-order valence-electron chi connectivity index (χ0n) is 17.5. The van der Waals surface area contributed by atoms with Crippen LogP contribution in [-0.2, 0) is 9.59 Å². The number of H-pyrrole nitrogens is 1. The minimum absolute atomic E-state index is 0.0881. The fourth-order valence-electron chi connectivity index (χ4n) is 4.01. The number of carbonyl (C=O) groups excluding carboxylic acids is 2. The van der Waals surface area contributed by atoms with Gasteiger partial charge in [-0.15, -0.1) is 0 Å². The highest BCUT2D eigenvalue weighted by molar-refractivity contribution is 6.04. The molecular weight excluding hydrogens is 404 g/mol. The van der Waals surface area contributed by atoms with Crippen molar-refractivity contribution in [3.63, 3.8) is 0 Å². The SMILES string of the molecule is COc1ccccc1N1CC(C(=O)Nc2ccc(-c3nc4ccccc4[nH]3)cc2)CC1=O. The van der Waals surface area contributed by atoms with Gasteiger partial charge in [-0.2, -0.15) is 0 Å². The van der Waals surface area contributed by atoms with Crippen molar-refractivity contribution in [3.05, 3.63) is 72.8 Å². The molecule has 4 aromatic rings. The highest BCUT2D eigenvalue weighted by atomic mass is 16.5. The molecule has 1 fully saturated rings. The van der Waals surface area contributed by atoms with Crippen LogP contribution in [0.4, 0.5) is 11.4 Å². The van der Waals surface area contributed by atoms with Gasteiger partial charge in [-0.3, -0.25) is 9.59 Å². The number of rotatable bonds is 5. The summed E-state index contributed by atoms with van der Waals surface area (Å²) < 4.78 is 5.36. The molecule has 7 heteroatoms. The summed E-state index contributed by atoms with van der Waals surface area (Å²) in [5.74, 6) is 0.700. The van der Waals surface area contributed by atoms with Crippen molar-refractivity contribution in [1.82, 2.24) is 9.97 Å². The van der Waals surface area contributed by atoms with E-state index in [9.17, 15) is 9.59 Å². The van der Waals surface area contributed by atoms with E-state index in [2.05, 4.69) is 15.3 Å². The third-order valence-electron chi connectivity index (χ3n) is 5.69. The van der Waals surface area contributed by atoms with Crippen LogP contribution in [0.25, 0.3) is 22.4 Å². The first-order valence-electron chi connectivity index (χ1n) is 10.4. The molecule has 1 aliphatic rings. The lowest BCUT2D eigenvalue weighted by atomic mass is 10.1. The molecule has 32 heavy (non-hydrogen) atoms. The number of nitrogens with zero attached hydrogens (tertiary/aromatic N) is 2. The number of ether oxygens (including phenoxy) is 1. The van der Waals surface area contributed by atoms with Crippen LogP contribution in [0.2, 0.25) is 0 Å². The average Bonchev–Trinajstić information content (AvgIpc) is 3.43. The Bertz CT molecular complexity index is 1260. The maximum absolute atomic E-state index is 12.8. The number of hydrogen-bond donors (Lipinski definition) is 2. The Morgan fingerprint density at radius 2 is 1.81 bits per heavy atom. The van der Waals surface area contributed by atoms with Crippen molar-refractivity contribution in [2.75, 3.05) is 23.9 Å². The Balaban J connectivity index is 1.27. The molecule has 0 radical (unpaired) electrons. The molecule has 3 aromatic carbocycles. The summed E-state index contributed by atoms with van der Waals surface area (Å²) in [4.78, 5) is 34.9. The van der Waals surface area contributed by atoms with Gasteiger partial charge in [-0.25, -0.2) is 4.98 Å². The van der Waals surface area contributed by atoms with Crippen LogP contribution in [0.3, 0.4) is 0 Å². The van der Waals surface area contributed by atoms with Crippen molar-refractivity contribution >= 4 is 34.2 Å². The summed E-state index contributed by atoms with van der Waals surface area (Å²) in [5, 5.41) is 2.93. The number of para-hydroxylation sites is 4. The first-order valence-corrected chi connectivity index (χ1v) is 10.4. The van der Waals surface area contributed by atoms with E-state index in [4.69, 9.17) is 4.74 Å². The number of aromatic amines is 1. The van der Waals surface area contributed by atoms with E-state index in [1.165, 1.54) is 0 Å². The number of benzene rings is 3. The van der Waals surface area contributed by atoms with Gasteiger partial charge in [0.25, 0.3) is 0 Å². The van der Waals surface area contributed by atoms with E-state index < -0.39 is 5.92 Å². The number of methoxy groups -OCH3 is 1. The summed E-state index contributed by atoms with van der Waals surface area (Å²) in [6.45, 7) is 0.322. The standard InChI is InChI=1S/C25H22N4O3/c1-32-22-9-5-4-8-21(22)29-15-17(14-23(29)30)25(31)26-18-12-10-16(11-13-18)24-27-19-6-2-3-7-20(19)28-24/h2-13,17H,14-15H2,1H3,(H,26,31)(H,27,28). The second-order valence-corrected chi connectivity index (χ2v) is 7.75. The zero-order chi connectivity index (χ0) is 22.1. The van der Waals surface area contributed by atoms with Gasteiger partial charge < -0.3 is 19.9 Å². The van der Waals surface area contributed by atoms with Crippen molar-refractivity contribution < 1.29 is 14.3 Å². The quantitative estimate of drug-likeness (QED) is 0.500. The topological polar surface area (TPSA) is 87.3 Å². The zero-order valence-corrected chi connectivity index (χ0v) is 17.5. The number of hydrogen-bond acceptors (Lipinski definition) is 4. The predicted molar refractivity (Wildman–Crippen MR) is 124 cm³/mol. The lowest BCUT2D eigenvalue weighted by Crippen LogP contribution is -2.28. The Morgan fingerprint density at radius 1 is 1.06 bits per heavy atom. The average molecular weight is 426 g/mol. The maximum Gasteiger partial charge on any atom is 0.229 e. The molecular formula is C25H22N4O3. The molecule has 1 atom stereocenters. The molecule has 2 N–H and O–H groups in total. The van der Waals surface area contributed by atoms with Gasteiger partial charge in [0.05, 0.1) is 29.7 Å². The minimum Gasteiger partial charge on any atom is -0.495 e. The molecule has 0 spiro atoms. The Hall–Kier alpha value is -4.13. The van der Waals surface area contributed by atoms with Crippen molar-refractivity contribution in [2.45, 2.75) is 6.42 Å². The van der Waals surface area contributed by atoms with E-state index in [1.54, 1.807) is 18.1 Å². The number of anilines is 2. The largest absolute Gasteiger partial charge is 0.495 e. The Morgan fingerprint density at radius 3 is 2.59 bits per heavy atom. The first-order chi connectivity index (χ1) is 15.6. The fraction of sp³-hybridized carbons (Fsp3) is 0.160. The van der Waals surface area contributed by atoms with E-state index in [1.807, 2.05) is 66.7 Å². The number of amides is 2. The van der Waals surface area contributed by atoms with Crippen LogP contribution >= 0.6 is 0 Å². The Kier molecular flexibility index (Phi) is 5.07. The van der Waals surface area contributed by atoms with E-state index in [0.717, 1.165) is 22.4 Å². The summed E-state index contributed by atoms with van der Waals surface area (Å²) in [7, 11) is 1.57. The highest BCUT2D eigenvalue weighted by Crippen LogP contribution is 2.33. The van der Waals surface area contributed by atoms with Gasteiger partial charge in [0.2, 0.25) is 11.8 Å². The number of imidazole rings is 1. The normalized spacial score (nSPS) is 15.8. The number of carbonyl (C=O) groups is 2. The summed E-state index contributed by atoms with van der Waals surface area (Å²) in [5.41, 5.74) is 4.18. The summed E-state index contributed by atoms with van der Waals surface area (Å²) >= 11 is 0. The second-order valence-electron chi connectivity index (χ2n) is 7.75. The van der Waals surface area contributed by atoms with Crippen molar-refractivity contribution in [2.24, 2.45) is 5.92 Å². The molecule has 0 aliphatic carbocycles. The lowest BCUT2D eigenvalue weighted by molar-refractivity contribution is -0.122. The predicted octanol–water partition coefficient (Wildman–Crippen LogP) is 4.23. The van der Waals surface area contributed by atoms with E-state index >= 15 is 0 Å². The van der Waals surface area contributed by atoms with Gasteiger partial charge in [-0.1, -0.05) is 24.3 Å². The molecule has 1 aliphatic heterocycles. The van der Waals surface area contributed by atoms with Gasteiger partial charge in [-0.05, 0) is 48.5 Å². The summed E-state index contributed by atoms with van der Waals surface area (Å²) in [6.07, 6.45) is 0.168. The van der Waals surface area contributed by atoms with Crippen LogP contribution in [0.15, 0.2) is 72.8 Å².